The number of pyridine rings is 1. The second kappa shape index (κ2) is 5.80. The fraction of sp³-hybridized carbons (Fsp3) is 0.154. The van der Waals surface area contributed by atoms with Gasteiger partial charge in [-0.2, -0.15) is 0 Å². The molecule has 0 aliphatic carbocycles. The lowest BCUT2D eigenvalue weighted by molar-refractivity contribution is 0.287. The Bertz CT molecular complexity index is 536. The summed E-state index contributed by atoms with van der Waals surface area (Å²) in [5.74, 6) is 0.173. The summed E-state index contributed by atoms with van der Waals surface area (Å²) in [6.07, 6.45) is 2.63. The Labute approximate surface area is 109 Å². The number of rotatable bonds is 4. The molecule has 1 unspecified atom stereocenters. The molecule has 1 heterocycles. The summed E-state index contributed by atoms with van der Waals surface area (Å²) in [6, 6.07) is 7.96. The highest BCUT2D eigenvalue weighted by molar-refractivity contribution is 6.30. The van der Waals surface area contributed by atoms with Gasteiger partial charge in [-0.05, 0) is 24.3 Å². The summed E-state index contributed by atoms with van der Waals surface area (Å²) >= 11 is 5.82. The zero-order chi connectivity index (χ0) is 13.0. The van der Waals surface area contributed by atoms with Crippen molar-refractivity contribution in [1.82, 2.24) is 4.98 Å². The van der Waals surface area contributed by atoms with E-state index in [1.54, 1.807) is 30.3 Å². The average Bonchev–Trinajstić information content (AvgIpc) is 2.37. The van der Waals surface area contributed by atoms with Crippen LogP contribution in [0.25, 0.3) is 0 Å². The molecule has 1 aromatic heterocycles. The quantitative estimate of drug-likeness (QED) is 0.926. The predicted octanol–water partition coefficient (Wildman–Crippen LogP) is 2.95. The topological polar surface area (TPSA) is 48.1 Å². The van der Waals surface area contributed by atoms with E-state index < -0.39 is 11.9 Å². The van der Waals surface area contributed by atoms with Crippen LogP contribution in [0, 0.1) is 5.82 Å². The van der Waals surface area contributed by atoms with Crippen LogP contribution < -0.4 is 10.5 Å². The fourth-order valence-corrected chi connectivity index (χ4v) is 1.70. The molecule has 0 bridgehead atoms. The molecule has 0 saturated heterocycles. The number of aromatic nitrogens is 1. The zero-order valence-electron chi connectivity index (χ0n) is 9.51. The van der Waals surface area contributed by atoms with Crippen molar-refractivity contribution in [2.24, 2.45) is 5.73 Å². The largest absolute Gasteiger partial charge is 0.492 e. The third-order valence-electron chi connectivity index (χ3n) is 2.43. The fourth-order valence-electron chi connectivity index (χ4n) is 1.52. The first-order chi connectivity index (χ1) is 8.66. The highest BCUT2D eigenvalue weighted by Crippen LogP contribution is 2.19. The molecule has 3 nitrogen and oxygen atoms in total. The van der Waals surface area contributed by atoms with Gasteiger partial charge >= 0.3 is 0 Å². The van der Waals surface area contributed by atoms with Crippen LogP contribution in [0.5, 0.6) is 5.75 Å². The van der Waals surface area contributed by atoms with Crippen molar-refractivity contribution in [2.75, 3.05) is 6.61 Å². The van der Waals surface area contributed by atoms with Crippen molar-refractivity contribution in [3.63, 3.8) is 0 Å². The average molecular weight is 267 g/mol. The minimum atomic E-state index is -0.549. The highest BCUT2D eigenvalue weighted by atomic mass is 35.5. The van der Waals surface area contributed by atoms with E-state index in [1.165, 1.54) is 6.20 Å². The highest BCUT2D eigenvalue weighted by Gasteiger charge is 2.11. The van der Waals surface area contributed by atoms with Crippen molar-refractivity contribution in [3.05, 3.63) is 59.1 Å². The molecule has 1 aromatic carbocycles. The normalized spacial score (nSPS) is 12.2. The maximum absolute atomic E-state index is 13.4. The lowest BCUT2D eigenvalue weighted by Gasteiger charge is -2.14. The van der Waals surface area contributed by atoms with Gasteiger partial charge in [-0.15, -0.1) is 0 Å². The van der Waals surface area contributed by atoms with Crippen LogP contribution in [0.4, 0.5) is 4.39 Å². The van der Waals surface area contributed by atoms with Gasteiger partial charge in [-0.3, -0.25) is 4.98 Å². The van der Waals surface area contributed by atoms with Gasteiger partial charge in [0.15, 0.2) is 0 Å². The molecule has 2 rings (SSSR count). The standard InChI is InChI=1S/C13H12ClFN2O/c14-9-2-1-3-10(6-9)18-8-13(16)11-4-5-17-7-12(11)15/h1-7,13H,8,16H2. The summed E-state index contributed by atoms with van der Waals surface area (Å²) in [6.45, 7) is 0.168. The predicted molar refractivity (Wildman–Crippen MR) is 68.1 cm³/mol. The van der Waals surface area contributed by atoms with Crippen LogP contribution in [0.15, 0.2) is 42.7 Å². The molecule has 0 amide bonds. The summed E-state index contributed by atoms with van der Waals surface area (Å²) in [5.41, 5.74) is 6.24. The van der Waals surface area contributed by atoms with Gasteiger partial charge in [0.25, 0.3) is 0 Å². The number of nitrogens with two attached hydrogens (primary N) is 1. The van der Waals surface area contributed by atoms with Gasteiger partial charge in [-0.25, -0.2) is 4.39 Å². The molecule has 5 heteroatoms. The van der Waals surface area contributed by atoms with Crippen LogP contribution in [0.3, 0.4) is 0 Å². The maximum atomic E-state index is 13.4. The number of halogens is 2. The van der Waals surface area contributed by atoms with Crippen molar-refractivity contribution in [2.45, 2.75) is 6.04 Å². The lowest BCUT2D eigenvalue weighted by atomic mass is 10.1. The minimum Gasteiger partial charge on any atom is -0.492 e. The van der Waals surface area contributed by atoms with Crippen molar-refractivity contribution >= 4 is 11.6 Å². The summed E-state index contributed by atoms with van der Waals surface area (Å²) in [5, 5.41) is 0.580. The number of benzene rings is 1. The van der Waals surface area contributed by atoms with Crippen molar-refractivity contribution in [3.8, 4) is 5.75 Å². The first-order valence-corrected chi connectivity index (χ1v) is 5.78. The number of hydrogen-bond donors (Lipinski definition) is 1. The van der Waals surface area contributed by atoms with E-state index in [4.69, 9.17) is 22.1 Å². The number of hydrogen-bond acceptors (Lipinski definition) is 3. The molecular weight excluding hydrogens is 255 g/mol. The molecule has 2 N–H and O–H groups in total. The third-order valence-corrected chi connectivity index (χ3v) is 2.66. The Morgan fingerprint density at radius 3 is 2.94 bits per heavy atom. The van der Waals surface area contributed by atoms with Crippen LogP contribution in [-0.2, 0) is 0 Å². The second-order valence-electron chi connectivity index (χ2n) is 3.77. The summed E-state index contributed by atoms with van der Waals surface area (Å²) < 4.78 is 18.9. The molecule has 94 valence electrons. The molecule has 1 atom stereocenters. The Kier molecular flexibility index (Phi) is 4.12. The van der Waals surface area contributed by atoms with Crippen LogP contribution in [0.1, 0.15) is 11.6 Å². The van der Waals surface area contributed by atoms with E-state index in [0.717, 1.165) is 6.20 Å². The van der Waals surface area contributed by atoms with Gasteiger partial charge in [0.2, 0.25) is 0 Å². The van der Waals surface area contributed by atoms with Gasteiger partial charge in [0.05, 0.1) is 12.2 Å². The monoisotopic (exact) mass is 266 g/mol. The lowest BCUT2D eigenvalue weighted by Crippen LogP contribution is -2.20. The van der Waals surface area contributed by atoms with Crippen LogP contribution >= 0.6 is 11.6 Å². The smallest absolute Gasteiger partial charge is 0.146 e. The first kappa shape index (κ1) is 12.8. The third kappa shape index (κ3) is 3.18. The van der Waals surface area contributed by atoms with Gasteiger partial charge in [0.1, 0.15) is 18.2 Å². The van der Waals surface area contributed by atoms with Crippen LogP contribution in [0.2, 0.25) is 5.02 Å². The van der Waals surface area contributed by atoms with Crippen molar-refractivity contribution in [1.29, 1.82) is 0 Å². The van der Waals surface area contributed by atoms with Gasteiger partial charge < -0.3 is 10.5 Å². The first-order valence-electron chi connectivity index (χ1n) is 5.40. The second-order valence-corrected chi connectivity index (χ2v) is 4.21. The molecule has 0 aliphatic rings. The molecule has 0 spiro atoms. The molecule has 18 heavy (non-hydrogen) atoms. The van der Waals surface area contributed by atoms with E-state index in [9.17, 15) is 4.39 Å². The Morgan fingerprint density at radius 1 is 1.39 bits per heavy atom. The van der Waals surface area contributed by atoms with Crippen LogP contribution in [-0.4, -0.2) is 11.6 Å². The summed E-state index contributed by atoms with van der Waals surface area (Å²) in [7, 11) is 0. The van der Waals surface area contributed by atoms with E-state index in [0.29, 0.717) is 16.3 Å². The van der Waals surface area contributed by atoms with E-state index >= 15 is 0 Å². The van der Waals surface area contributed by atoms with Crippen molar-refractivity contribution < 1.29 is 9.13 Å². The Morgan fingerprint density at radius 2 is 2.22 bits per heavy atom. The Balaban J connectivity index is 2.00. The molecular formula is C13H12ClFN2O. The van der Waals surface area contributed by atoms with E-state index in [1.807, 2.05) is 0 Å². The van der Waals surface area contributed by atoms with Gasteiger partial charge in [-0.1, -0.05) is 17.7 Å². The minimum absolute atomic E-state index is 0.168. The SMILES string of the molecule is NC(COc1cccc(Cl)c1)c1ccncc1F. The number of ether oxygens (including phenoxy) is 1. The summed E-state index contributed by atoms with van der Waals surface area (Å²) in [4.78, 5) is 3.67. The maximum Gasteiger partial charge on any atom is 0.146 e. The Hall–Kier alpha value is -1.65. The molecule has 0 radical (unpaired) electrons. The zero-order valence-corrected chi connectivity index (χ0v) is 10.3. The van der Waals surface area contributed by atoms with Gasteiger partial charge in [0, 0.05) is 16.8 Å². The molecule has 0 aliphatic heterocycles. The van der Waals surface area contributed by atoms with E-state index in [2.05, 4.69) is 4.98 Å². The number of nitrogens with zero attached hydrogens (tertiary/aromatic N) is 1. The molecule has 0 saturated carbocycles. The van der Waals surface area contributed by atoms with E-state index in [-0.39, 0.29) is 6.61 Å². The molecule has 2 aromatic rings. The molecule has 0 fully saturated rings.